The highest BCUT2D eigenvalue weighted by molar-refractivity contribution is 6.09. The molecule has 0 saturated heterocycles. The van der Waals surface area contributed by atoms with Crippen LogP contribution in [-0.4, -0.2) is 49.4 Å². The van der Waals surface area contributed by atoms with E-state index in [0.717, 1.165) is 5.69 Å². The van der Waals surface area contributed by atoms with Gasteiger partial charge in [0.1, 0.15) is 5.84 Å². The molecule has 1 N–H and O–H groups in total. The minimum Gasteiger partial charge on any atom is -0.367 e. The van der Waals surface area contributed by atoms with Crippen molar-refractivity contribution in [3.8, 4) is 0 Å². The number of anilines is 1. The Morgan fingerprint density at radius 3 is 2.40 bits per heavy atom. The molecule has 1 aliphatic rings. The number of hydrogen-bond donors (Lipinski definition) is 1. The molecular weight excluding hydrogens is 316 g/mol. The minimum absolute atomic E-state index is 0.409. The third-order valence-corrected chi connectivity index (χ3v) is 4.01. The van der Waals surface area contributed by atoms with Gasteiger partial charge in [0.2, 0.25) is 0 Å². The van der Waals surface area contributed by atoms with Crippen LogP contribution in [0.15, 0.2) is 65.7 Å². The van der Waals surface area contributed by atoms with Crippen LogP contribution in [0.5, 0.6) is 0 Å². The summed E-state index contributed by atoms with van der Waals surface area (Å²) in [5, 5.41) is 2.43. The van der Waals surface area contributed by atoms with E-state index in [1.54, 1.807) is 24.3 Å². The third kappa shape index (κ3) is 4.03. The number of para-hydroxylation sites is 1. The fourth-order valence-electron chi connectivity index (χ4n) is 2.66. The summed E-state index contributed by atoms with van der Waals surface area (Å²) >= 11 is 0. The Balaban J connectivity index is 1.63. The molecule has 3 rings (SSSR count). The maximum atomic E-state index is 12.5. The second kappa shape index (κ2) is 7.61. The first kappa shape index (κ1) is 16.7. The molecule has 3 amide bonds. The van der Waals surface area contributed by atoms with Gasteiger partial charge in [0.05, 0.1) is 13.1 Å². The molecule has 6 heteroatoms. The van der Waals surface area contributed by atoms with Crippen LogP contribution in [0, 0.1) is 0 Å². The van der Waals surface area contributed by atoms with Crippen LogP contribution in [0.3, 0.4) is 0 Å². The van der Waals surface area contributed by atoms with Gasteiger partial charge in [-0.25, -0.2) is 4.79 Å². The first-order valence-corrected chi connectivity index (χ1v) is 8.12. The van der Waals surface area contributed by atoms with Crippen LogP contribution in [0.2, 0.25) is 0 Å². The summed E-state index contributed by atoms with van der Waals surface area (Å²) < 4.78 is 0. The molecule has 0 fully saturated rings. The van der Waals surface area contributed by atoms with Crippen LogP contribution in [0.1, 0.15) is 10.4 Å². The molecule has 0 atom stereocenters. The van der Waals surface area contributed by atoms with E-state index in [4.69, 9.17) is 0 Å². The average molecular weight is 336 g/mol. The number of nitrogens with zero attached hydrogens (tertiary/aromatic N) is 3. The number of rotatable bonds is 4. The quantitative estimate of drug-likeness (QED) is 0.932. The maximum Gasteiger partial charge on any atom is 0.329 e. The van der Waals surface area contributed by atoms with Crippen molar-refractivity contribution >= 4 is 23.5 Å². The summed E-state index contributed by atoms with van der Waals surface area (Å²) in [6.45, 7) is 1.52. The lowest BCUT2D eigenvalue weighted by Gasteiger charge is -2.24. The van der Waals surface area contributed by atoms with Crippen molar-refractivity contribution in [3.63, 3.8) is 0 Å². The fourth-order valence-corrected chi connectivity index (χ4v) is 2.66. The van der Waals surface area contributed by atoms with E-state index in [0.29, 0.717) is 31.0 Å². The summed E-state index contributed by atoms with van der Waals surface area (Å²) in [6, 6.07) is 18.1. The molecule has 1 heterocycles. The smallest absolute Gasteiger partial charge is 0.329 e. The SMILES string of the molecule is CN(CC1=NCCN1C(=O)NC(=O)c1ccccc1)c1ccccc1. The van der Waals surface area contributed by atoms with Gasteiger partial charge in [-0.1, -0.05) is 36.4 Å². The lowest BCUT2D eigenvalue weighted by molar-refractivity contribution is 0.0959. The molecule has 0 saturated carbocycles. The lowest BCUT2D eigenvalue weighted by Crippen LogP contribution is -2.47. The monoisotopic (exact) mass is 336 g/mol. The van der Waals surface area contributed by atoms with E-state index >= 15 is 0 Å². The molecule has 25 heavy (non-hydrogen) atoms. The molecule has 0 radical (unpaired) electrons. The van der Waals surface area contributed by atoms with Crippen molar-refractivity contribution in [2.24, 2.45) is 4.99 Å². The van der Waals surface area contributed by atoms with Crippen molar-refractivity contribution in [1.82, 2.24) is 10.2 Å². The van der Waals surface area contributed by atoms with Gasteiger partial charge in [-0.05, 0) is 24.3 Å². The van der Waals surface area contributed by atoms with Crippen LogP contribution in [0.4, 0.5) is 10.5 Å². The van der Waals surface area contributed by atoms with Gasteiger partial charge in [0.25, 0.3) is 5.91 Å². The van der Waals surface area contributed by atoms with Crippen LogP contribution < -0.4 is 10.2 Å². The van der Waals surface area contributed by atoms with Gasteiger partial charge in [-0.15, -0.1) is 0 Å². The van der Waals surface area contributed by atoms with Gasteiger partial charge < -0.3 is 4.90 Å². The number of carbonyl (C=O) groups is 2. The lowest BCUT2D eigenvalue weighted by atomic mass is 10.2. The summed E-state index contributed by atoms with van der Waals surface area (Å²) in [7, 11) is 1.95. The molecule has 1 aliphatic heterocycles. The van der Waals surface area contributed by atoms with Gasteiger partial charge in [-0.3, -0.25) is 20.0 Å². The molecule has 128 valence electrons. The number of hydrogen-bond acceptors (Lipinski definition) is 4. The Morgan fingerprint density at radius 1 is 1.08 bits per heavy atom. The molecule has 0 aliphatic carbocycles. The number of nitrogens with one attached hydrogen (secondary N) is 1. The molecule has 2 aromatic carbocycles. The van der Waals surface area contributed by atoms with Gasteiger partial charge in [0.15, 0.2) is 0 Å². The Morgan fingerprint density at radius 2 is 1.72 bits per heavy atom. The fraction of sp³-hybridized carbons (Fsp3) is 0.211. The highest BCUT2D eigenvalue weighted by Crippen LogP contribution is 2.13. The number of likely N-dealkylation sites (N-methyl/N-ethyl adjacent to an activating group) is 1. The highest BCUT2D eigenvalue weighted by Gasteiger charge is 2.26. The van der Waals surface area contributed by atoms with Crippen LogP contribution >= 0.6 is 0 Å². The Labute approximate surface area is 146 Å². The normalized spacial score (nSPS) is 13.3. The van der Waals surface area contributed by atoms with E-state index < -0.39 is 11.9 Å². The molecule has 6 nitrogen and oxygen atoms in total. The Kier molecular flexibility index (Phi) is 5.09. The van der Waals surface area contributed by atoms with Gasteiger partial charge in [-0.2, -0.15) is 0 Å². The predicted octanol–water partition coefficient (Wildman–Crippen LogP) is 2.39. The predicted molar refractivity (Wildman–Crippen MR) is 98.0 cm³/mol. The van der Waals surface area contributed by atoms with E-state index in [1.807, 2.05) is 48.3 Å². The van der Waals surface area contributed by atoms with Gasteiger partial charge in [0, 0.05) is 24.8 Å². The Bertz CT molecular complexity index is 775. The van der Waals surface area contributed by atoms with E-state index in [9.17, 15) is 9.59 Å². The van der Waals surface area contributed by atoms with Crippen molar-refractivity contribution in [2.75, 3.05) is 31.6 Å². The first-order chi connectivity index (χ1) is 12.1. The zero-order valence-corrected chi connectivity index (χ0v) is 14.1. The van der Waals surface area contributed by atoms with E-state index in [-0.39, 0.29) is 0 Å². The molecule has 0 aromatic heterocycles. The average Bonchev–Trinajstić information content (AvgIpc) is 3.11. The topological polar surface area (TPSA) is 65.0 Å². The summed E-state index contributed by atoms with van der Waals surface area (Å²) in [4.78, 5) is 32.6. The number of carbonyl (C=O) groups excluding carboxylic acids is 2. The molecule has 2 aromatic rings. The zero-order chi connectivity index (χ0) is 17.6. The third-order valence-electron chi connectivity index (χ3n) is 4.01. The van der Waals surface area contributed by atoms with Crippen molar-refractivity contribution < 1.29 is 9.59 Å². The molecule has 0 unspecified atom stereocenters. The van der Waals surface area contributed by atoms with Crippen molar-refractivity contribution in [1.29, 1.82) is 0 Å². The summed E-state index contributed by atoms with van der Waals surface area (Å²) in [6.07, 6.45) is 0. The van der Waals surface area contributed by atoms with E-state index in [1.165, 1.54) is 4.90 Å². The standard InChI is InChI=1S/C19H20N4O2/c1-22(16-10-6-3-7-11-16)14-17-20-12-13-23(17)19(25)21-18(24)15-8-4-2-5-9-15/h2-11H,12-14H2,1H3,(H,21,24,25). The van der Waals surface area contributed by atoms with Crippen LogP contribution in [-0.2, 0) is 0 Å². The summed E-state index contributed by atoms with van der Waals surface area (Å²) in [5.41, 5.74) is 1.49. The zero-order valence-electron chi connectivity index (χ0n) is 14.1. The second-order valence-corrected chi connectivity index (χ2v) is 5.77. The van der Waals surface area contributed by atoms with Gasteiger partial charge >= 0.3 is 6.03 Å². The van der Waals surface area contributed by atoms with Crippen molar-refractivity contribution in [2.45, 2.75) is 0 Å². The molecule has 0 spiro atoms. The molecule has 0 bridgehead atoms. The number of aliphatic imine (C=N–C) groups is 1. The maximum absolute atomic E-state index is 12.5. The van der Waals surface area contributed by atoms with Crippen LogP contribution in [0.25, 0.3) is 0 Å². The summed E-state index contributed by atoms with van der Waals surface area (Å²) in [5.74, 6) is 0.248. The number of imide groups is 1. The molecular formula is C19H20N4O2. The number of urea groups is 1. The second-order valence-electron chi connectivity index (χ2n) is 5.77. The Hall–Kier alpha value is -3.15. The van der Waals surface area contributed by atoms with E-state index in [2.05, 4.69) is 10.3 Å². The highest BCUT2D eigenvalue weighted by atomic mass is 16.2. The van der Waals surface area contributed by atoms with Crippen molar-refractivity contribution in [3.05, 3.63) is 66.2 Å². The number of amidine groups is 1. The minimum atomic E-state index is -0.438. The largest absolute Gasteiger partial charge is 0.367 e. The number of amides is 3. The number of benzene rings is 2. The first-order valence-electron chi connectivity index (χ1n) is 8.12.